The van der Waals surface area contributed by atoms with E-state index in [1.807, 2.05) is 0 Å². The van der Waals surface area contributed by atoms with Crippen molar-refractivity contribution in [2.75, 3.05) is 13.2 Å². The molecule has 1 rings (SSSR count). The minimum absolute atomic E-state index is 0.0465. The number of carbonyl (C=O) groups is 3. The summed E-state index contributed by atoms with van der Waals surface area (Å²) in [6, 6.07) is 0. The maximum Gasteiger partial charge on any atom is 0.330 e. The first kappa shape index (κ1) is 17.8. The van der Waals surface area contributed by atoms with Crippen molar-refractivity contribution in [2.24, 2.45) is 11.8 Å². The Kier molecular flexibility index (Phi) is 8.69. The Balaban J connectivity index is 0.000000396. The zero-order chi connectivity index (χ0) is 15.5. The van der Waals surface area contributed by atoms with Crippen LogP contribution in [0.25, 0.3) is 0 Å². The van der Waals surface area contributed by atoms with E-state index in [-0.39, 0.29) is 13.2 Å². The van der Waals surface area contributed by atoms with Gasteiger partial charge in [-0.05, 0) is 12.8 Å². The van der Waals surface area contributed by atoms with Crippen molar-refractivity contribution in [3.63, 3.8) is 0 Å². The zero-order valence-corrected chi connectivity index (χ0v) is 10.9. The number of ether oxygens (including phenoxy) is 1. The van der Waals surface area contributed by atoms with E-state index in [0.29, 0.717) is 12.8 Å². The first-order chi connectivity index (χ1) is 9.43. The Labute approximate surface area is 116 Å². The number of aliphatic hydroxyl groups is 1. The van der Waals surface area contributed by atoms with Gasteiger partial charge in [0, 0.05) is 6.08 Å². The Morgan fingerprint density at radius 2 is 1.95 bits per heavy atom. The van der Waals surface area contributed by atoms with Crippen LogP contribution in [0.3, 0.4) is 0 Å². The lowest BCUT2D eigenvalue weighted by Gasteiger charge is -2.19. The molecule has 0 heterocycles. The van der Waals surface area contributed by atoms with Crippen LogP contribution >= 0.6 is 0 Å². The maximum absolute atomic E-state index is 10.6. The van der Waals surface area contributed by atoms with Gasteiger partial charge in [0.2, 0.25) is 0 Å². The standard InChI is InChI=1S/C8H10O4.C5H8O3/c9-7(10)5-3-1-2-4-6(5)8(11)12;1-2-5(7)8-4-3-6/h1,3,5-6H,2,4H2,(H,9,10)(H,11,12);2,6H,1,3-4H2. The molecule has 0 fully saturated rings. The van der Waals surface area contributed by atoms with Crippen molar-refractivity contribution in [1.29, 1.82) is 0 Å². The van der Waals surface area contributed by atoms with Crippen LogP contribution in [0.4, 0.5) is 0 Å². The number of carboxylic acids is 2. The first-order valence-corrected chi connectivity index (χ1v) is 5.96. The first-order valence-electron chi connectivity index (χ1n) is 5.96. The van der Waals surface area contributed by atoms with E-state index < -0.39 is 29.7 Å². The van der Waals surface area contributed by atoms with Crippen LogP contribution in [0.15, 0.2) is 24.8 Å². The molecule has 2 unspecified atom stereocenters. The Hall–Kier alpha value is -2.15. The molecule has 2 atom stereocenters. The highest BCUT2D eigenvalue weighted by Gasteiger charge is 2.32. The molecule has 0 bridgehead atoms. The molecule has 0 aromatic carbocycles. The highest BCUT2D eigenvalue weighted by Crippen LogP contribution is 2.24. The number of hydrogen-bond donors (Lipinski definition) is 3. The Bertz CT molecular complexity index is 386. The summed E-state index contributed by atoms with van der Waals surface area (Å²) >= 11 is 0. The van der Waals surface area contributed by atoms with E-state index in [4.69, 9.17) is 15.3 Å². The van der Waals surface area contributed by atoms with Gasteiger partial charge in [0.1, 0.15) is 6.61 Å². The van der Waals surface area contributed by atoms with Gasteiger partial charge in [-0.1, -0.05) is 18.7 Å². The molecule has 0 radical (unpaired) electrons. The molecule has 20 heavy (non-hydrogen) atoms. The summed E-state index contributed by atoms with van der Waals surface area (Å²) in [5.74, 6) is -4.19. The largest absolute Gasteiger partial charge is 0.481 e. The maximum atomic E-state index is 10.6. The molecule has 1 aliphatic carbocycles. The van der Waals surface area contributed by atoms with Crippen LogP contribution in [-0.2, 0) is 19.1 Å². The second-order valence-corrected chi connectivity index (χ2v) is 3.91. The molecule has 7 heteroatoms. The monoisotopic (exact) mass is 286 g/mol. The summed E-state index contributed by atoms with van der Waals surface area (Å²) in [6.45, 7) is 3.06. The van der Waals surface area contributed by atoms with E-state index in [9.17, 15) is 14.4 Å². The second kappa shape index (κ2) is 9.74. The number of aliphatic hydroxyl groups excluding tert-OH is 1. The Morgan fingerprint density at radius 3 is 2.35 bits per heavy atom. The summed E-state index contributed by atoms with van der Waals surface area (Å²) < 4.78 is 4.33. The second-order valence-electron chi connectivity index (χ2n) is 3.91. The zero-order valence-electron chi connectivity index (χ0n) is 10.9. The fourth-order valence-electron chi connectivity index (χ4n) is 1.57. The van der Waals surface area contributed by atoms with Gasteiger partial charge < -0.3 is 20.1 Å². The predicted molar refractivity (Wildman–Crippen MR) is 68.9 cm³/mol. The van der Waals surface area contributed by atoms with Crippen LogP contribution in [0.1, 0.15) is 12.8 Å². The SMILES string of the molecule is C=CC(=O)OCCO.O=C(O)C1C=CCCC1C(=O)O. The van der Waals surface area contributed by atoms with Crippen LogP contribution in [0, 0.1) is 11.8 Å². The average Bonchev–Trinajstić information content (AvgIpc) is 2.45. The number of aliphatic carboxylic acids is 2. The van der Waals surface area contributed by atoms with E-state index >= 15 is 0 Å². The van der Waals surface area contributed by atoms with Crippen LogP contribution in [0.2, 0.25) is 0 Å². The third-order valence-corrected chi connectivity index (χ3v) is 2.53. The van der Waals surface area contributed by atoms with E-state index in [1.54, 1.807) is 6.08 Å². The molecule has 0 aromatic heterocycles. The number of hydrogen-bond acceptors (Lipinski definition) is 5. The third kappa shape index (κ3) is 6.69. The van der Waals surface area contributed by atoms with Crippen LogP contribution in [0.5, 0.6) is 0 Å². The molecular weight excluding hydrogens is 268 g/mol. The van der Waals surface area contributed by atoms with Gasteiger partial charge in [0.15, 0.2) is 0 Å². The smallest absolute Gasteiger partial charge is 0.330 e. The fraction of sp³-hybridized carbons (Fsp3) is 0.462. The fourth-order valence-corrected chi connectivity index (χ4v) is 1.57. The summed E-state index contributed by atoms with van der Waals surface area (Å²) in [4.78, 5) is 31.2. The molecule has 3 N–H and O–H groups in total. The van der Waals surface area contributed by atoms with Gasteiger partial charge >= 0.3 is 17.9 Å². The number of carbonyl (C=O) groups excluding carboxylic acids is 1. The molecule has 0 saturated carbocycles. The molecule has 7 nitrogen and oxygen atoms in total. The summed E-state index contributed by atoms with van der Waals surface area (Å²) in [6.07, 6.45) is 5.31. The van der Waals surface area contributed by atoms with E-state index in [0.717, 1.165) is 6.08 Å². The van der Waals surface area contributed by atoms with Crippen molar-refractivity contribution in [1.82, 2.24) is 0 Å². The molecule has 0 aliphatic heterocycles. The highest BCUT2D eigenvalue weighted by molar-refractivity contribution is 5.82. The molecule has 1 aliphatic rings. The van der Waals surface area contributed by atoms with Crippen molar-refractivity contribution in [3.8, 4) is 0 Å². The van der Waals surface area contributed by atoms with Gasteiger partial charge in [-0.15, -0.1) is 0 Å². The van der Waals surface area contributed by atoms with Crippen molar-refractivity contribution >= 4 is 17.9 Å². The minimum Gasteiger partial charge on any atom is -0.481 e. The lowest BCUT2D eigenvalue weighted by atomic mass is 9.84. The number of carboxylic acid groups (broad SMARTS) is 2. The number of allylic oxidation sites excluding steroid dienone is 1. The van der Waals surface area contributed by atoms with Gasteiger partial charge in [-0.2, -0.15) is 0 Å². The number of esters is 1. The summed E-state index contributed by atoms with van der Waals surface area (Å²) in [5, 5.41) is 25.4. The molecule has 112 valence electrons. The topological polar surface area (TPSA) is 121 Å². The van der Waals surface area contributed by atoms with E-state index in [1.165, 1.54) is 6.08 Å². The molecule has 0 spiro atoms. The van der Waals surface area contributed by atoms with Crippen LogP contribution in [-0.4, -0.2) is 46.4 Å². The molecule has 0 aromatic rings. The molecular formula is C13H18O7. The summed E-state index contributed by atoms with van der Waals surface area (Å²) in [5.41, 5.74) is 0. The Morgan fingerprint density at radius 1 is 1.30 bits per heavy atom. The van der Waals surface area contributed by atoms with Crippen LogP contribution < -0.4 is 0 Å². The van der Waals surface area contributed by atoms with Gasteiger partial charge in [0.05, 0.1) is 18.4 Å². The minimum atomic E-state index is -1.06. The lowest BCUT2D eigenvalue weighted by Crippen LogP contribution is -2.30. The normalized spacial score (nSPS) is 20.2. The average molecular weight is 286 g/mol. The van der Waals surface area contributed by atoms with E-state index in [2.05, 4.69) is 11.3 Å². The van der Waals surface area contributed by atoms with Crippen molar-refractivity contribution in [2.45, 2.75) is 12.8 Å². The van der Waals surface area contributed by atoms with Crippen molar-refractivity contribution < 1.29 is 34.4 Å². The van der Waals surface area contributed by atoms with Gasteiger partial charge in [-0.3, -0.25) is 9.59 Å². The quantitative estimate of drug-likeness (QED) is 0.381. The predicted octanol–water partition coefficient (Wildman–Crippen LogP) is 0.446. The summed E-state index contributed by atoms with van der Waals surface area (Å²) in [7, 11) is 0. The lowest BCUT2D eigenvalue weighted by molar-refractivity contribution is -0.152. The van der Waals surface area contributed by atoms with Gasteiger partial charge in [0.25, 0.3) is 0 Å². The van der Waals surface area contributed by atoms with Crippen molar-refractivity contribution in [3.05, 3.63) is 24.8 Å². The van der Waals surface area contributed by atoms with Gasteiger partial charge in [-0.25, -0.2) is 4.79 Å². The third-order valence-electron chi connectivity index (χ3n) is 2.53. The molecule has 0 saturated heterocycles. The number of rotatable bonds is 5. The highest BCUT2D eigenvalue weighted by atomic mass is 16.5. The molecule has 0 amide bonds.